The molecule has 0 radical (unpaired) electrons. The van der Waals surface area contributed by atoms with Gasteiger partial charge in [0.05, 0.1) is 25.8 Å². The quantitative estimate of drug-likeness (QED) is 0.822. The van der Waals surface area contributed by atoms with E-state index in [1.54, 1.807) is 33.1 Å². The summed E-state index contributed by atoms with van der Waals surface area (Å²) in [6, 6.07) is 7.23. The van der Waals surface area contributed by atoms with Crippen molar-refractivity contribution in [3.05, 3.63) is 41.1 Å². The highest BCUT2D eigenvalue weighted by molar-refractivity contribution is 7.11. The van der Waals surface area contributed by atoms with Crippen LogP contribution < -0.4 is 10.1 Å². The van der Waals surface area contributed by atoms with E-state index in [1.807, 2.05) is 12.1 Å². The van der Waals surface area contributed by atoms with E-state index in [9.17, 15) is 9.59 Å². The van der Waals surface area contributed by atoms with E-state index in [4.69, 9.17) is 9.47 Å². The Morgan fingerprint density at radius 1 is 1.26 bits per heavy atom. The van der Waals surface area contributed by atoms with Crippen LogP contribution in [0.3, 0.4) is 0 Å². The molecular weight excluding hydrogens is 316 g/mol. The first-order chi connectivity index (χ1) is 11.0. The molecule has 0 aliphatic heterocycles. The minimum atomic E-state index is -0.474. The topological polar surface area (TPSA) is 77.5 Å². The van der Waals surface area contributed by atoms with E-state index < -0.39 is 5.97 Å². The summed E-state index contributed by atoms with van der Waals surface area (Å²) in [4.78, 5) is 24.1. The lowest BCUT2D eigenvalue weighted by Gasteiger charge is -2.07. The van der Waals surface area contributed by atoms with Crippen LogP contribution in [0.2, 0.25) is 0 Å². The first-order valence-corrected chi connectivity index (χ1v) is 7.88. The number of carbonyl (C=O) groups excluding carboxylic acids is 2. The van der Waals surface area contributed by atoms with Crippen molar-refractivity contribution in [2.24, 2.45) is 0 Å². The summed E-state index contributed by atoms with van der Waals surface area (Å²) < 4.78 is 14.2. The lowest BCUT2D eigenvalue weighted by Crippen LogP contribution is -2.16. The van der Waals surface area contributed by atoms with Crippen molar-refractivity contribution in [3.8, 4) is 5.75 Å². The number of hydrogen-bond donors (Lipinski definition) is 1. The Morgan fingerprint density at radius 3 is 2.57 bits per heavy atom. The Balaban J connectivity index is 2.06. The number of ether oxygens (including phenoxy) is 2. The molecule has 0 fully saturated rings. The summed E-state index contributed by atoms with van der Waals surface area (Å²) in [7, 11) is 1.59. The Labute approximate surface area is 138 Å². The maximum atomic E-state index is 12.2. The number of esters is 1. The fraction of sp³-hybridized carbons (Fsp3) is 0.312. The number of aryl methyl sites for hydroxylation is 1. The molecule has 0 saturated carbocycles. The molecule has 122 valence electrons. The first kappa shape index (κ1) is 17.0. The van der Waals surface area contributed by atoms with Gasteiger partial charge in [-0.05, 0) is 43.1 Å². The van der Waals surface area contributed by atoms with Gasteiger partial charge >= 0.3 is 5.97 Å². The number of amides is 1. The van der Waals surface area contributed by atoms with Gasteiger partial charge in [-0.15, -0.1) is 0 Å². The molecule has 2 rings (SSSR count). The summed E-state index contributed by atoms with van der Waals surface area (Å²) in [5, 5.41) is 3.15. The molecule has 1 heterocycles. The summed E-state index contributed by atoms with van der Waals surface area (Å²) in [5.41, 5.74) is 1.72. The zero-order valence-electron chi connectivity index (χ0n) is 13.2. The minimum absolute atomic E-state index is 0.198. The third-order valence-electron chi connectivity index (χ3n) is 3.12. The number of methoxy groups -OCH3 is 1. The number of benzene rings is 1. The molecule has 1 N–H and O–H groups in total. The van der Waals surface area contributed by atoms with Crippen molar-refractivity contribution in [2.45, 2.75) is 20.3 Å². The van der Waals surface area contributed by atoms with Crippen LogP contribution in [0, 0.1) is 6.92 Å². The van der Waals surface area contributed by atoms with Crippen LogP contribution in [0.5, 0.6) is 5.75 Å². The summed E-state index contributed by atoms with van der Waals surface area (Å²) in [6.45, 7) is 3.71. The predicted octanol–water partition coefficient (Wildman–Crippen LogP) is 2.82. The normalized spacial score (nSPS) is 10.2. The molecule has 1 aromatic carbocycles. The van der Waals surface area contributed by atoms with Crippen LogP contribution >= 0.6 is 11.5 Å². The third-order valence-corrected chi connectivity index (χ3v) is 3.97. The number of carbonyl (C=O) groups is 2. The first-order valence-electron chi connectivity index (χ1n) is 7.11. The Bertz CT molecular complexity index is 695. The van der Waals surface area contributed by atoms with Gasteiger partial charge in [0, 0.05) is 0 Å². The highest BCUT2D eigenvalue weighted by Gasteiger charge is 2.21. The fourth-order valence-corrected chi connectivity index (χ4v) is 2.80. The van der Waals surface area contributed by atoms with Gasteiger partial charge in [-0.3, -0.25) is 4.79 Å². The van der Waals surface area contributed by atoms with Crippen molar-refractivity contribution in [1.82, 2.24) is 4.37 Å². The van der Waals surface area contributed by atoms with Crippen molar-refractivity contribution >= 4 is 28.4 Å². The molecule has 6 nitrogen and oxygen atoms in total. The molecule has 1 aromatic heterocycles. The van der Waals surface area contributed by atoms with Crippen LogP contribution in [-0.4, -0.2) is 30.0 Å². The monoisotopic (exact) mass is 334 g/mol. The molecule has 0 spiro atoms. The molecule has 0 aliphatic rings. The SMILES string of the molecule is CCOC(=O)c1c(C)nsc1NC(=O)Cc1ccc(OC)cc1. The number of hydrogen-bond acceptors (Lipinski definition) is 6. The Hall–Kier alpha value is -2.41. The zero-order valence-corrected chi connectivity index (χ0v) is 14.0. The highest BCUT2D eigenvalue weighted by atomic mass is 32.1. The Kier molecular flexibility index (Phi) is 5.70. The lowest BCUT2D eigenvalue weighted by atomic mass is 10.1. The molecular formula is C16H18N2O4S. The van der Waals surface area contributed by atoms with Gasteiger partial charge in [0.15, 0.2) is 0 Å². The van der Waals surface area contributed by atoms with Crippen molar-refractivity contribution in [2.75, 3.05) is 19.0 Å². The molecule has 0 bridgehead atoms. The van der Waals surface area contributed by atoms with Gasteiger partial charge in [0.1, 0.15) is 16.3 Å². The van der Waals surface area contributed by atoms with E-state index in [0.717, 1.165) is 22.8 Å². The summed E-state index contributed by atoms with van der Waals surface area (Å²) >= 11 is 1.07. The number of nitrogens with zero attached hydrogens (tertiary/aromatic N) is 1. The van der Waals surface area contributed by atoms with Gasteiger partial charge in [0.2, 0.25) is 5.91 Å². The molecule has 23 heavy (non-hydrogen) atoms. The molecule has 1 amide bonds. The van der Waals surface area contributed by atoms with Crippen LogP contribution in [0.25, 0.3) is 0 Å². The molecule has 0 atom stereocenters. The van der Waals surface area contributed by atoms with E-state index >= 15 is 0 Å². The summed E-state index contributed by atoms with van der Waals surface area (Å²) in [5.74, 6) is 0.0414. The second kappa shape index (κ2) is 7.73. The van der Waals surface area contributed by atoms with E-state index in [-0.39, 0.29) is 18.9 Å². The largest absolute Gasteiger partial charge is 0.497 e. The van der Waals surface area contributed by atoms with Gasteiger partial charge in [-0.1, -0.05) is 12.1 Å². The second-order valence-corrected chi connectivity index (χ2v) is 5.54. The number of aromatic nitrogens is 1. The van der Waals surface area contributed by atoms with Crippen molar-refractivity contribution in [3.63, 3.8) is 0 Å². The number of rotatable bonds is 6. The fourth-order valence-electron chi connectivity index (χ4n) is 2.00. The lowest BCUT2D eigenvalue weighted by molar-refractivity contribution is -0.115. The maximum Gasteiger partial charge on any atom is 0.343 e. The van der Waals surface area contributed by atoms with E-state index in [1.165, 1.54) is 0 Å². The minimum Gasteiger partial charge on any atom is -0.497 e. The van der Waals surface area contributed by atoms with Gasteiger partial charge in [-0.2, -0.15) is 4.37 Å². The maximum absolute atomic E-state index is 12.2. The van der Waals surface area contributed by atoms with Crippen molar-refractivity contribution < 1.29 is 19.1 Å². The van der Waals surface area contributed by atoms with Gasteiger partial charge in [-0.25, -0.2) is 4.79 Å². The number of nitrogens with one attached hydrogen (secondary N) is 1. The van der Waals surface area contributed by atoms with Crippen LogP contribution in [-0.2, 0) is 16.0 Å². The van der Waals surface area contributed by atoms with E-state index in [0.29, 0.717) is 16.3 Å². The average molecular weight is 334 g/mol. The zero-order chi connectivity index (χ0) is 16.8. The van der Waals surface area contributed by atoms with Crippen LogP contribution in [0.4, 0.5) is 5.00 Å². The van der Waals surface area contributed by atoms with Gasteiger partial charge in [0.25, 0.3) is 0 Å². The molecule has 2 aromatic rings. The smallest absolute Gasteiger partial charge is 0.343 e. The average Bonchev–Trinajstić information content (AvgIpc) is 2.88. The summed E-state index contributed by atoms with van der Waals surface area (Å²) in [6.07, 6.45) is 0.198. The second-order valence-electron chi connectivity index (χ2n) is 4.77. The van der Waals surface area contributed by atoms with Crippen LogP contribution in [0.15, 0.2) is 24.3 Å². The molecule has 0 unspecified atom stereocenters. The molecule has 0 saturated heterocycles. The highest BCUT2D eigenvalue weighted by Crippen LogP contribution is 2.25. The third kappa shape index (κ3) is 4.29. The van der Waals surface area contributed by atoms with Crippen LogP contribution in [0.1, 0.15) is 28.5 Å². The van der Waals surface area contributed by atoms with Crippen molar-refractivity contribution in [1.29, 1.82) is 0 Å². The molecule has 0 aliphatic carbocycles. The van der Waals surface area contributed by atoms with E-state index in [2.05, 4.69) is 9.69 Å². The standard InChI is InChI=1S/C16H18N2O4S/c1-4-22-16(20)14-10(2)18-23-15(14)17-13(19)9-11-5-7-12(21-3)8-6-11/h5-8H,4,9H2,1-3H3,(H,17,19). The molecule has 7 heteroatoms. The van der Waals surface area contributed by atoms with Gasteiger partial charge < -0.3 is 14.8 Å². The number of anilines is 1. The Morgan fingerprint density at radius 2 is 1.96 bits per heavy atom. The predicted molar refractivity (Wildman–Crippen MR) is 88.1 cm³/mol.